The topological polar surface area (TPSA) is 79.1 Å². The van der Waals surface area contributed by atoms with Crippen LogP contribution in [-0.4, -0.2) is 40.3 Å². The van der Waals surface area contributed by atoms with Crippen LogP contribution in [0, 0.1) is 0 Å². The highest BCUT2D eigenvalue weighted by Crippen LogP contribution is 2.30. The summed E-state index contributed by atoms with van der Waals surface area (Å²) in [5.41, 5.74) is 0.333. The molecule has 0 N–H and O–H groups in total. The van der Waals surface area contributed by atoms with Crippen molar-refractivity contribution in [2.24, 2.45) is 0 Å². The predicted octanol–water partition coefficient (Wildman–Crippen LogP) is 0.379. The number of hydrogen-bond acceptors (Lipinski definition) is 6. The minimum atomic E-state index is -0.384. The van der Waals surface area contributed by atoms with Crippen molar-refractivity contribution in [1.82, 2.24) is 20.2 Å². The number of para-hydroxylation sites is 1. The van der Waals surface area contributed by atoms with Gasteiger partial charge >= 0.3 is 0 Å². The fourth-order valence-corrected chi connectivity index (χ4v) is 1.43. The molecule has 1 aromatic heterocycles. The zero-order chi connectivity index (χ0) is 12.3. The lowest BCUT2D eigenvalue weighted by atomic mass is 10.1. The van der Waals surface area contributed by atoms with Crippen molar-refractivity contribution in [1.29, 1.82) is 0 Å². The van der Waals surface area contributed by atoms with Gasteiger partial charge in [0, 0.05) is 0 Å². The van der Waals surface area contributed by atoms with E-state index in [1.165, 1.54) is 20.5 Å². The summed E-state index contributed by atoms with van der Waals surface area (Å²) in [4.78, 5) is 12.0. The van der Waals surface area contributed by atoms with E-state index in [1.54, 1.807) is 18.2 Å². The van der Waals surface area contributed by atoms with Gasteiger partial charge in [-0.1, -0.05) is 6.07 Å². The molecule has 2 aromatic rings. The van der Waals surface area contributed by atoms with E-state index in [-0.39, 0.29) is 5.91 Å². The molecular formula is C10H10N4O3. The molecule has 0 unspecified atom stereocenters. The Labute approximate surface area is 97.0 Å². The van der Waals surface area contributed by atoms with E-state index < -0.39 is 0 Å². The summed E-state index contributed by atoms with van der Waals surface area (Å²) in [6.45, 7) is 0. The Bertz CT molecular complexity index is 524. The summed E-state index contributed by atoms with van der Waals surface area (Å²) < 4.78 is 11.3. The molecule has 0 atom stereocenters. The van der Waals surface area contributed by atoms with Crippen molar-refractivity contribution in [2.45, 2.75) is 0 Å². The normalized spacial score (nSPS) is 10.0. The van der Waals surface area contributed by atoms with Crippen LogP contribution in [0.15, 0.2) is 24.5 Å². The van der Waals surface area contributed by atoms with Crippen molar-refractivity contribution in [3.05, 3.63) is 30.1 Å². The van der Waals surface area contributed by atoms with E-state index in [2.05, 4.69) is 15.5 Å². The van der Waals surface area contributed by atoms with E-state index in [9.17, 15) is 4.79 Å². The summed E-state index contributed by atoms with van der Waals surface area (Å²) in [5.74, 6) is 0.452. The molecule has 0 bridgehead atoms. The molecule has 2 rings (SSSR count). The second-order valence-corrected chi connectivity index (χ2v) is 3.10. The SMILES string of the molecule is COc1cccc(C(=O)n2cnnn2)c1OC. The van der Waals surface area contributed by atoms with Gasteiger partial charge in [0.2, 0.25) is 0 Å². The Morgan fingerprint density at radius 2 is 2.12 bits per heavy atom. The lowest BCUT2D eigenvalue weighted by Gasteiger charge is -2.10. The summed E-state index contributed by atoms with van der Waals surface area (Å²) in [5, 5.41) is 10.3. The highest BCUT2D eigenvalue weighted by atomic mass is 16.5. The maximum Gasteiger partial charge on any atom is 0.284 e. The van der Waals surface area contributed by atoms with Gasteiger partial charge in [-0.25, -0.2) is 0 Å². The van der Waals surface area contributed by atoms with Crippen LogP contribution in [0.1, 0.15) is 10.4 Å². The second kappa shape index (κ2) is 4.60. The molecule has 0 amide bonds. The van der Waals surface area contributed by atoms with Crippen LogP contribution >= 0.6 is 0 Å². The number of ether oxygens (including phenoxy) is 2. The maximum atomic E-state index is 12.0. The quantitative estimate of drug-likeness (QED) is 0.714. The summed E-state index contributed by atoms with van der Waals surface area (Å²) in [6, 6.07) is 5.01. The molecular weight excluding hydrogens is 224 g/mol. The molecule has 0 aliphatic heterocycles. The molecule has 0 saturated carbocycles. The monoisotopic (exact) mass is 234 g/mol. The van der Waals surface area contributed by atoms with Crippen LogP contribution < -0.4 is 9.47 Å². The zero-order valence-corrected chi connectivity index (χ0v) is 9.32. The van der Waals surface area contributed by atoms with Gasteiger partial charge in [0.15, 0.2) is 11.5 Å². The van der Waals surface area contributed by atoms with Crippen molar-refractivity contribution in [3.8, 4) is 11.5 Å². The van der Waals surface area contributed by atoms with Crippen LogP contribution in [0.3, 0.4) is 0 Å². The van der Waals surface area contributed by atoms with Crippen molar-refractivity contribution >= 4 is 5.91 Å². The fraction of sp³-hybridized carbons (Fsp3) is 0.200. The molecule has 17 heavy (non-hydrogen) atoms. The van der Waals surface area contributed by atoms with Crippen molar-refractivity contribution < 1.29 is 14.3 Å². The van der Waals surface area contributed by atoms with Gasteiger partial charge in [0.1, 0.15) is 6.33 Å². The third kappa shape index (κ3) is 1.94. The Hall–Kier alpha value is -2.44. The third-order valence-corrected chi connectivity index (χ3v) is 2.19. The fourth-order valence-electron chi connectivity index (χ4n) is 1.43. The number of aromatic nitrogens is 4. The van der Waals surface area contributed by atoms with E-state index >= 15 is 0 Å². The van der Waals surface area contributed by atoms with Crippen LogP contribution in [-0.2, 0) is 0 Å². The minimum absolute atomic E-state index is 0.333. The average molecular weight is 234 g/mol. The van der Waals surface area contributed by atoms with Gasteiger partial charge in [0.25, 0.3) is 5.91 Å². The van der Waals surface area contributed by atoms with E-state index in [0.29, 0.717) is 17.1 Å². The molecule has 0 aliphatic rings. The Balaban J connectivity index is 2.48. The van der Waals surface area contributed by atoms with Gasteiger partial charge in [0.05, 0.1) is 19.8 Å². The smallest absolute Gasteiger partial charge is 0.284 e. The number of carbonyl (C=O) groups excluding carboxylic acids is 1. The Morgan fingerprint density at radius 1 is 1.29 bits per heavy atom. The number of methoxy groups -OCH3 is 2. The van der Waals surface area contributed by atoms with Crippen LogP contribution in [0.5, 0.6) is 11.5 Å². The molecule has 0 aliphatic carbocycles. The number of hydrogen-bond donors (Lipinski definition) is 0. The Morgan fingerprint density at radius 3 is 2.71 bits per heavy atom. The molecule has 0 radical (unpaired) electrons. The number of nitrogens with zero attached hydrogens (tertiary/aromatic N) is 4. The summed E-state index contributed by atoms with van der Waals surface area (Å²) in [6.07, 6.45) is 1.22. The molecule has 0 spiro atoms. The molecule has 0 fully saturated rings. The molecule has 1 aromatic carbocycles. The lowest BCUT2D eigenvalue weighted by Crippen LogP contribution is -2.14. The van der Waals surface area contributed by atoms with Gasteiger partial charge in [-0.2, -0.15) is 4.68 Å². The van der Waals surface area contributed by atoms with E-state index in [4.69, 9.17) is 9.47 Å². The molecule has 0 saturated heterocycles. The zero-order valence-electron chi connectivity index (χ0n) is 9.32. The number of tetrazole rings is 1. The first kappa shape index (κ1) is 11.1. The van der Waals surface area contributed by atoms with Gasteiger partial charge < -0.3 is 9.47 Å². The molecule has 88 valence electrons. The van der Waals surface area contributed by atoms with Crippen LogP contribution in [0.2, 0.25) is 0 Å². The summed E-state index contributed by atoms with van der Waals surface area (Å²) in [7, 11) is 2.97. The number of rotatable bonds is 3. The highest BCUT2D eigenvalue weighted by molar-refractivity contribution is 5.98. The first-order chi connectivity index (χ1) is 8.27. The van der Waals surface area contributed by atoms with E-state index in [1.807, 2.05) is 0 Å². The Kier molecular flexibility index (Phi) is 2.99. The summed E-state index contributed by atoms with van der Waals surface area (Å²) >= 11 is 0. The van der Waals surface area contributed by atoms with Gasteiger partial charge in [-0.3, -0.25) is 4.79 Å². The van der Waals surface area contributed by atoms with Gasteiger partial charge in [-0.15, -0.1) is 5.10 Å². The highest BCUT2D eigenvalue weighted by Gasteiger charge is 2.18. The largest absolute Gasteiger partial charge is 0.493 e. The first-order valence-electron chi connectivity index (χ1n) is 4.76. The number of carbonyl (C=O) groups is 1. The molecule has 7 nitrogen and oxygen atoms in total. The lowest BCUT2D eigenvalue weighted by molar-refractivity contribution is 0.0939. The van der Waals surface area contributed by atoms with Crippen molar-refractivity contribution in [3.63, 3.8) is 0 Å². The third-order valence-electron chi connectivity index (χ3n) is 2.19. The first-order valence-corrected chi connectivity index (χ1v) is 4.76. The van der Waals surface area contributed by atoms with Crippen LogP contribution in [0.4, 0.5) is 0 Å². The number of benzene rings is 1. The molecule has 7 heteroatoms. The van der Waals surface area contributed by atoms with E-state index in [0.717, 1.165) is 4.68 Å². The second-order valence-electron chi connectivity index (χ2n) is 3.10. The molecule has 1 heterocycles. The minimum Gasteiger partial charge on any atom is -0.493 e. The average Bonchev–Trinajstić information content (AvgIpc) is 2.90. The predicted molar refractivity (Wildman–Crippen MR) is 57.1 cm³/mol. The van der Waals surface area contributed by atoms with Gasteiger partial charge in [-0.05, 0) is 22.6 Å². The van der Waals surface area contributed by atoms with Crippen LogP contribution in [0.25, 0.3) is 0 Å². The van der Waals surface area contributed by atoms with Crippen molar-refractivity contribution in [2.75, 3.05) is 14.2 Å². The standard InChI is InChI=1S/C10H10N4O3/c1-16-8-5-3-4-7(9(8)17-2)10(15)14-6-11-12-13-14/h3-6H,1-2H3. The maximum absolute atomic E-state index is 12.0.